The summed E-state index contributed by atoms with van der Waals surface area (Å²) in [5, 5.41) is 12.5. The second-order valence-electron chi connectivity index (χ2n) is 15.1. The second kappa shape index (κ2) is 10.2. The van der Waals surface area contributed by atoms with Crippen LogP contribution >= 0.6 is 0 Å². The van der Waals surface area contributed by atoms with Gasteiger partial charge >= 0.3 is 6.09 Å². The van der Waals surface area contributed by atoms with Gasteiger partial charge in [-0.25, -0.2) is 9.78 Å². The molecule has 244 valence electrons. The van der Waals surface area contributed by atoms with Crippen LogP contribution in [0.15, 0.2) is 34.7 Å². The fourth-order valence-electron chi connectivity index (χ4n) is 8.18. The van der Waals surface area contributed by atoms with Gasteiger partial charge in [0.1, 0.15) is 28.7 Å². The molecule has 0 radical (unpaired) electrons. The first kappa shape index (κ1) is 30.6. The van der Waals surface area contributed by atoms with Gasteiger partial charge in [-0.1, -0.05) is 20.8 Å². The Kier molecular flexibility index (Phi) is 6.80. The minimum atomic E-state index is -1.07. The van der Waals surface area contributed by atoms with Crippen molar-refractivity contribution in [2.75, 3.05) is 13.7 Å². The Morgan fingerprint density at radius 2 is 1.87 bits per heavy atom. The van der Waals surface area contributed by atoms with Gasteiger partial charge in [0.15, 0.2) is 5.76 Å². The van der Waals surface area contributed by atoms with Gasteiger partial charge in [0.05, 0.1) is 29.4 Å². The third kappa shape index (κ3) is 4.59. The van der Waals surface area contributed by atoms with Crippen LogP contribution < -0.4 is 10.5 Å². The van der Waals surface area contributed by atoms with Gasteiger partial charge in [-0.05, 0) is 88.1 Å². The van der Waals surface area contributed by atoms with Crippen LogP contribution in [-0.2, 0) is 16.9 Å². The highest BCUT2D eigenvalue weighted by Gasteiger charge is 2.66. The average Bonchev–Trinajstić information content (AvgIpc) is 3.37. The highest BCUT2D eigenvalue weighted by atomic mass is 16.6. The quantitative estimate of drug-likeness (QED) is 0.238. The number of ether oxygens (including phenoxy) is 2. The number of primary amides is 1. The van der Waals surface area contributed by atoms with Gasteiger partial charge < -0.3 is 34.2 Å². The molecular formula is C36H44N4O6. The molecule has 2 saturated carbocycles. The summed E-state index contributed by atoms with van der Waals surface area (Å²) >= 11 is 0. The molecule has 2 bridgehead atoms. The van der Waals surface area contributed by atoms with Crippen LogP contribution in [0.2, 0.25) is 0 Å². The summed E-state index contributed by atoms with van der Waals surface area (Å²) in [5.74, 6) is 1.69. The van der Waals surface area contributed by atoms with E-state index in [1.807, 2.05) is 30.0 Å². The number of methoxy groups -OCH3 is 1. The number of aliphatic hydroxyl groups is 1. The number of hydrogen-bond donors (Lipinski definition) is 2. The van der Waals surface area contributed by atoms with Crippen LogP contribution in [0.3, 0.4) is 0 Å². The first-order chi connectivity index (χ1) is 21.6. The molecule has 1 aromatic carbocycles. The van der Waals surface area contributed by atoms with Crippen LogP contribution in [0.5, 0.6) is 5.75 Å². The average molecular weight is 629 g/mol. The molecule has 4 aromatic rings. The number of fused-ring (bicyclic) bond motifs is 4. The predicted octanol–water partition coefficient (Wildman–Crippen LogP) is 6.52. The summed E-state index contributed by atoms with van der Waals surface area (Å²) in [6.45, 7) is 13.0. The van der Waals surface area contributed by atoms with E-state index in [1.54, 1.807) is 27.0 Å². The van der Waals surface area contributed by atoms with Gasteiger partial charge in [0, 0.05) is 35.5 Å². The van der Waals surface area contributed by atoms with E-state index in [0.29, 0.717) is 40.8 Å². The largest absolute Gasteiger partial charge is 0.496 e. The van der Waals surface area contributed by atoms with E-state index in [0.717, 1.165) is 47.1 Å². The van der Waals surface area contributed by atoms with Crippen LogP contribution in [0, 0.1) is 24.2 Å². The van der Waals surface area contributed by atoms with Crippen molar-refractivity contribution in [3.63, 3.8) is 0 Å². The van der Waals surface area contributed by atoms with Gasteiger partial charge in [-0.3, -0.25) is 4.79 Å². The van der Waals surface area contributed by atoms with Crippen LogP contribution in [0.4, 0.5) is 4.79 Å². The first-order valence-electron chi connectivity index (χ1n) is 16.3. The van der Waals surface area contributed by atoms with E-state index < -0.39 is 23.3 Å². The molecule has 10 heteroatoms. The Morgan fingerprint density at radius 3 is 2.50 bits per heavy atom. The number of benzene rings is 1. The maximum atomic E-state index is 14.4. The molecule has 3 fully saturated rings. The lowest BCUT2D eigenvalue weighted by Gasteiger charge is -2.49. The van der Waals surface area contributed by atoms with Crippen molar-refractivity contribution in [2.45, 2.75) is 91.0 Å². The number of nitrogens with two attached hydrogens (primary N) is 1. The van der Waals surface area contributed by atoms with E-state index in [9.17, 15) is 14.7 Å². The third-order valence-electron chi connectivity index (χ3n) is 10.7. The number of likely N-dealkylation sites (tertiary alicyclic amines) is 1. The Morgan fingerprint density at radius 1 is 1.13 bits per heavy atom. The molecule has 2 aliphatic carbocycles. The number of carbonyl (C=O) groups excluding carboxylic acids is 2. The van der Waals surface area contributed by atoms with Crippen molar-refractivity contribution < 1.29 is 28.6 Å². The number of rotatable bonds is 7. The van der Waals surface area contributed by atoms with E-state index in [1.165, 1.54) is 12.8 Å². The van der Waals surface area contributed by atoms with E-state index in [-0.39, 0.29) is 17.2 Å². The molecule has 3 aromatic heterocycles. The minimum absolute atomic E-state index is 0.0256. The van der Waals surface area contributed by atoms with E-state index in [4.69, 9.17) is 24.6 Å². The highest BCUT2D eigenvalue weighted by Crippen LogP contribution is 2.57. The third-order valence-corrected chi connectivity index (χ3v) is 10.7. The molecule has 2 amide bonds. The molecule has 3 aliphatic rings. The smallest absolute Gasteiger partial charge is 0.404 e. The number of aromatic nitrogens is 2. The molecule has 2 unspecified atom stereocenters. The van der Waals surface area contributed by atoms with E-state index in [2.05, 4.69) is 31.4 Å². The lowest BCUT2D eigenvalue weighted by molar-refractivity contribution is -0.0359. The lowest BCUT2D eigenvalue weighted by Crippen LogP contribution is -2.60. The Balaban J connectivity index is 1.34. The number of furan rings is 1. The molecule has 3 N–H and O–H groups in total. The van der Waals surface area contributed by atoms with Crippen molar-refractivity contribution in [1.82, 2.24) is 14.5 Å². The summed E-state index contributed by atoms with van der Waals surface area (Å²) in [6.07, 6.45) is 2.65. The minimum Gasteiger partial charge on any atom is -0.496 e. The summed E-state index contributed by atoms with van der Waals surface area (Å²) in [6, 6.07) is 9.56. The fraction of sp³-hybridized carbons (Fsp3) is 0.528. The molecule has 10 nitrogen and oxygen atoms in total. The van der Waals surface area contributed by atoms with Crippen molar-refractivity contribution >= 4 is 34.0 Å². The van der Waals surface area contributed by atoms with Gasteiger partial charge in [0.2, 0.25) is 0 Å². The molecular weight excluding hydrogens is 584 g/mol. The topological polar surface area (TPSA) is 133 Å². The number of pyridine rings is 1. The van der Waals surface area contributed by atoms with Crippen molar-refractivity contribution in [3.8, 4) is 17.2 Å². The van der Waals surface area contributed by atoms with Crippen molar-refractivity contribution in [3.05, 3.63) is 47.2 Å². The highest BCUT2D eigenvalue weighted by molar-refractivity contribution is 6.02. The fourth-order valence-corrected chi connectivity index (χ4v) is 8.18. The summed E-state index contributed by atoms with van der Waals surface area (Å²) in [7, 11) is 1.60. The molecule has 1 saturated heterocycles. The van der Waals surface area contributed by atoms with Gasteiger partial charge in [-0.2, -0.15) is 0 Å². The predicted molar refractivity (Wildman–Crippen MR) is 175 cm³/mol. The second-order valence-corrected chi connectivity index (χ2v) is 15.1. The zero-order valence-corrected chi connectivity index (χ0v) is 27.8. The Labute approximate surface area is 268 Å². The molecule has 7 rings (SSSR count). The number of nitrogens with zero attached hydrogens (tertiary/aromatic N) is 3. The molecule has 4 heterocycles. The van der Waals surface area contributed by atoms with Crippen LogP contribution in [0.1, 0.15) is 81.9 Å². The van der Waals surface area contributed by atoms with Gasteiger partial charge in [-0.15, -0.1) is 0 Å². The Bertz CT molecular complexity index is 1890. The number of piperidine rings is 1. The standard InChI is InChI=1S/C36H44N4O6/c1-19-28-25(44-7)15-23(32(41)40-18-22-12-13-36(40,34(2,3)4)30(22)46-33(37)42)16-26(28)45-29(19)24-14-21-10-11-27(35(5,6)43)38-31(21)39(24)17-20-8-9-20/h10-11,14-16,20,22,30,43H,8-9,12-13,17-18H2,1-7H3,(H2,37,42)/t22?,30-,36?/m1/s1. The summed E-state index contributed by atoms with van der Waals surface area (Å²) in [5.41, 5.74) is 7.63. The summed E-state index contributed by atoms with van der Waals surface area (Å²) in [4.78, 5) is 33.1. The van der Waals surface area contributed by atoms with Crippen LogP contribution in [-0.4, -0.2) is 56.9 Å². The molecule has 0 spiro atoms. The zero-order chi connectivity index (χ0) is 32.9. The maximum absolute atomic E-state index is 14.4. The normalized spacial score (nSPS) is 23.1. The van der Waals surface area contributed by atoms with E-state index >= 15 is 0 Å². The van der Waals surface area contributed by atoms with Crippen LogP contribution in [0.25, 0.3) is 33.5 Å². The van der Waals surface area contributed by atoms with Crippen molar-refractivity contribution in [2.24, 2.45) is 23.0 Å². The number of amides is 2. The SMILES string of the molecule is COc1cc(C(=O)N2CC3CCC2(C(C)(C)C)[C@@H]3OC(N)=O)cc2oc(-c3cc4ccc(C(C)(C)O)nc4n3CC3CC3)c(C)c12. The number of aryl methyl sites for hydroxylation is 1. The van der Waals surface area contributed by atoms with Crippen molar-refractivity contribution in [1.29, 1.82) is 0 Å². The monoisotopic (exact) mass is 628 g/mol. The lowest BCUT2D eigenvalue weighted by atomic mass is 9.70. The molecule has 1 aliphatic heterocycles. The maximum Gasteiger partial charge on any atom is 0.404 e. The number of carbonyl (C=O) groups is 2. The number of hydrogen-bond acceptors (Lipinski definition) is 7. The molecule has 46 heavy (non-hydrogen) atoms. The van der Waals surface area contributed by atoms with Gasteiger partial charge in [0.25, 0.3) is 5.91 Å². The Hall–Kier alpha value is -4.05. The summed E-state index contributed by atoms with van der Waals surface area (Å²) < 4.78 is 20.4. The zero-order valence-electron chi connectivity index (χ0n) is 27.8. The first-order valence-corrected chi connectivity index (χ1v) is 16.3. The molecule has 3 atom stereocenters.